The van der Waals surface area contributed by atoms with Gasteiger partial charge in [-0.1, -0.05) is 33.6 Å². The smallest absolute Gasteiger partial charge is 0.0283 e. The highest BCUT2D eigenvalue weighted by Crippen LogP contribution is 2.30. The van der Waals surface area contributed by atoms with E-state index in [4.69, 9.17) is 5.73 Å². The lowest BCUT2D eigenvalue weighted by atomic mass is 9.86. The van der Waals surface area contributed by atoms with Crippen LogP contribution >= 0.6 is 0 Å². The van der Waals surface area contributed by atoms with Gasteiger partial charge >= 0.3 is 0 Å². The second kappa shape index (κ2) is 4.42. The van der Waals surface area contributed by atoms with E-state index in [9.17, 15) is 0 Å². The van der Waals surface area contributed by atoms with E-state index in [-0.39, 0.29) is 5.54 Å². The van der Waals surface area contributed by atoms with Crippen molar-refractivity contribution in [3.63, 3.8) is 0 Å². The molecule has 15 heavy (non-hydrogen) atoms. The Balaban J connectivity index is 2.51. The fourth-order valence-corrected chi connectivity index (χ4v) is 2.53. The summed E-state index contributed by atoms with van der Waals surface area (Å²) in [5.74, 6) is 0. The molecule has 1 aliphatic carbocycles. The normalized spacial score (nSPS) is 23.4. The van der Waals surface area contributed by atoms with Crippen LogP contribution in [-0.2, 0) is 0 Å². The lowest BCUT2D eigenvalue weighted by molar-refractivity contribution is 0.114. The number of nitrogens with zero attached hydrogens (tertiary/aromatic N) is 1. The Bertz CT molecular complexity index is 199. The molecular weight excluding hydrogens is 184 g/mol. The second-order valence-electron chi connectivity index (χ2n) is 6.53. The van der Waals surface area contributed by atoms with E-state index in [1.165, 1.54) is 25.7 Å². The van der Waals surface area contributed by atoms with Gasteiger partial charge in [0.15, 0.2) is 0 Å². The predicted octanol–water partition coefficient (Wildman–Crippen LogP) is 2.62. The van der Waals surface area contributed by atoms with Crippen molar-refractivity contribution in [2.45, 2.75) is 65.0 Å². The van der Waals surface area contributed by atoms with Crippen molar-refractivity contribution < 1.29 is 0 Å². The Morgan fingerprint density at radius 2 is 1.73 bits per heavy atom. The molecule has 0 amide bonds. The first-order valence-corrected chi connectivity index (χ1v) is 6.24. The predicted molar refractivity (Wildman–Crippen MR) is 66.9 cm³/mol. The quantitative estimate of drug-likeness (QED) is 0.779. The van der Waals surface area contributed by atoms with Crippen molar-refractivity contribution in [1.82, 2.24) is 4.90 Å². The molecule has 1 rings (SSSR count). The Hall–Kier alpha value is -0.0800. The molecule has 0 bridgehead atoms. The number of nitrogens with two attached hydrogens (primary N) is 1. The molecule has 0 aromatic carbocycles. The molecule has 2 N–H and O–H groups in total. The lowest BCUT2D eigenvalue weighted by Crippen LogP contribution is -2.51. The van der Waals surface area contributed by atoms with Crippen LogP contribution in [0.25, 0.3) is 0 Å². The van der Waals surface area contributed by atoms with Crippen molar-refractivity contribution in [1.29, 1.82) is 0 Å². The average molecular weight is 212 g/mol. The van der Waals surface area contributed by atoms with Crippen molar-refractivity contribution in [2.75, 3.05) is 13.6 Å². The van der Waals surface area contributed by atoms with E-state index >= 15 is 0 Å². The molecule has 0 aromatic rings. The van der Waals surface area contributed by atoms with E-state index in [1.807, 2.05) is 0 Å². The largest absolute Gasteiger partial charge is 0.324 e. The third kappa shape index (κ3) is 3.46. The molecule has 0 saturated heterocycles. The van der Waals surface area contributed by atoms with Crippen molar-refractivity contribution >= 4 is 0 Å². The molecule has 1 atom stereocenters. The van der Waals surface area contributed by atoms with Crippen LogP contribution in [0.2, 0.25) is 0 Å². The highest BCUT2D eigenvalue weighted by molar-refractivity contribution is 4.93. The van der Waals surface area contributed by atoms with Crippen LogP contribution < -0.4 is 5.73 Å². The number of hydrogen-bond acceptors (Lipinski definition) is 2. The first kappa shape index (κ1) is 13.0. The highest BCUT2D eigenvalue weighted by Gasteiger charge is 2.33. The van der Waals surface area contributed by atoms with Crippen LogP contribution in [0, 0.1) is 5.41 Å². The highest BCUT2D eigenvalue weighted by atomic mass is 15.2. The van der Waals surface area contributed by atoms with E-state index < -0.39 is 0 Å². The van der Waals surface area contributed by atoms with Crippen LogP contribution in [0.4, 0.5) is 0 Å². The van der Waals surface area contributed by atoms with Crippen LogP contribution in [0.5, 0.6) is 0 Å². The monoisotopic (exact) mass is 212 g/mol. The summed E-state index contributed by atoms with van der Waals surface area (Å²) in [4.78, 5) is 2.44. The fraction of sp³-hybridized carbons (Fsp3) is 1.00. The minimum absolute atomic E-state index is 0.0915. The maximum Gasteiger partial charge on any atom is 0.0283 e. The van der Waals surface area contributed by atoms with Crippen molar-refractivity contribution in [2.24, 2.45) is 11.1 Å². The SMILES string of the molecule is CC(N(C)CC1(N)CCCC1)C(C)(C)C. The molecule has 1 unspecified atom stereocenters. The molecular formula is C13H28N2. The summed E-state index contributed by atoms with van der Waals surface area (Å²) in [7, 11) is 2.21. The van der Waals surface area contributed by atoms with Gasteiger partial charge in [-0.25, -0.2) is 0 Å². The summed E-state index contributed by atoms with van der Waals surface area (Å²) in [6.45, 7) is 10.2. The van der Waals surface area contributed by atoms with Gasteiger partial charge in [-0.15, -0.1) is 0 Å². The van der Waals surface area contributed by atoms with E-state index in [1.54, 1.807) is 0 Å². The summed E-state index contributed by atoms with van der Waals surface area (Å²) in [5, 5.41) is 0. The van der Waals surface area contributed by atoms with Crippen molar-refractivity contribution in [3.8, 4) is 0 Å². The molecule has 0 aliphatic heterocycles. The van der Waals surface area contributed by atoms with Gasteiger partial charge in [-0.2, -0.15) is 0 Å². The van der Waals surface area contributed by atoms with Gasteiger partial charge in [0.05, 0.1) is 0 Å². The molecule has 2 nitrogen and oxygen atoms in total. The Kier molecular flexibility index (Phi) is 3.83. The topological polar surface area (TPSA) is 29.3 Å². The Labute approximate surface area is 95.2 Å². The zero-order valence-electron chi connectivity index (χ0n) is 11.1. The molecule has 1 aliphatic rings. The molecule has 0 heterocycles. The number of hydrogen-bond donors (Lipinski definition) is 1. The van der Waals surface area contributed by atoms with Gasteiger partial charge in [-0.05, 0) is 32.2 Å². The van der Waals surface area contributed by atoms with Gasteiger partial charge in [0, 0.05) is 18.1 Å². The van der Waals surface area contributed by atoms with Crippen LogP contribution in [-0.4, -0.2) is 30.1 Å². The minimum atomic E-state index is 0.0915. The Morgan fingerprint density at radius 1 is 1.27 bits per heavy atom. The zero-order chi connectivity index (χ0) is 11.7. The first-order valence-electron chi connectivity index (χ1n) is 6.24. The zero-order valence-corrected chi connectivity index (χ0v) is 11.1. The second-order valence-corrected chi connectivity index (χ2v) is 6.53. The maximum atomic E-state index is 6.40. The summed E-state index contributed by atoms with van der Waals surface area (Å²) in [6, 6.07) is 0.582. The summed E-state index contributed by atoms with van der Waals surface area (Å²) < 4.78 is 0. The Morgan fingerprint density at radius 3 is 2.13 bits per heavy atom. The summed E-state index contributed by atoms with van der Waals surface area (Å²) in [5.41, 5.74) is 6.83. The van der Waals surface area contributed by atoms with E-state index in [0.29, 0.717) is 11.5 Å². The van der Waals surface area contributed by atoms with E-state index in [0.717, 1.165) is 6.54 Å². The standard InChI is InChI=1S/C13H28N2/c1-11(12(2,3)4)15(5)10-13(14)8-6-7-9-13/h11H,6-10,14H2,1-5H3. The minimum Gasteiger partial charge on any atom is -0.324 e. The number of likely N-dealkylation sites (N-methyl/N-ethyl adjacent to an activating group) is 1. The van der Waals surface area contributed by atoms with Gasteiger partial charge in [-0.3, -0.25) is 0 Å². The summed E-state index contributed by atoms with van der Waals surface area (Å²) >= 11 is 0. The molecule has 1 fully saturated rings. The van der Waals surface area contributed by atoms with Gasteiger partial charge < -0.3 is 10.6 Å². The van der Waals surface area contributed by atoms with E-state index in [2.05, 4.69) is 39.6 Å². The lowest BCUT2D eigenvalue weighted by Gasteiger charge is -2.39. The first-order chi connectivity index (χ1) is 6.75. The van der Waals surface area contributed by atoms with Gasteiger partial charge in [0.1, 0.15) is 0 Å². The molecule has 0 aromatic heterocycles. The third-order valence-corrected chi connectivity index (χ3v) is 4.08. The maximum absolute atomic E-state index is 6.40. The van der Waals surface area contributed by atoms with Crippen LogP contribution in [0.1, 0.15) is 53.4 Å². The molecule has 2 heteroatoms. The average Bonchev–Trinajstić information content (AvgIpc) is 2.48. The molecule has 90 valence electrons. The van der Waals surface area contributed by atoms with Crippen molar-refractivity contribution in [3.05, 3.63) is 0 Å². The molecule has 0 radical (unpaired) electrons. The summed E-state index contributed by atoms with van der Waals surface area (Å²) in [6.07, 6.45) is 5.03. The number of rotatable bonds is 3. The van der Waals surface area contributed by atoms with Gasteiger partial charge in [0.25, 0.3) is 0 Å². The van der Waals surface area contributed by atoms with Crippen LogP contribution in [0.3, 0.4) is 0 Å². The third-order valence-electron chi connectivity index (χ3n) is 4.08. The van der Waals surface area contributed by atoms with Gasteiger partial charge in [0.2, 0.25) is 0 Å². The fourth-order valence-electron chi connectivity index (χ4n) is 2.53. The molecule has 0 spiro atoms. The molecule has 1 saturated carbocycles. The van der Waals surface area contributed by atoms with Crippen LogP contribution in [0.15, 0.2) is 0 Å².